The largest absolute Gasteiger partial charge is 0.399 e. The van der Waals surface area contributed by atoms with Crippen molar-refractivity contribution in [3.05, 3.63) is 59.2 Å². The second-order valence-corrected chi connectivity index (χ2v) is 6.21. The third-order valence-corrected chi connectivity index (χ3v) is 4.52. The molecule has 4 heteroatoms. The molecule has 1 aliphatic rings. The number of fused-ring (bicyclic) bond motifs is 1. The van der Waals surface area contributed by atoms with Crippen molar-refractivity contribution in [1.29, 1.82) is 0 Å². The van der Waals surface area contributed by atoms with Crippen LogP contribution in [0.5, 0.6) is 0 Å². The lowest BCUT2D eigenvalue weighted by Gasteiger charge is -2.27. The highest BCUT2D eigenvalue weighted by molar-refractivity contribution is 5.96. The van der Waals surface area contributed by atoms with Crippen LogP contribution in [0.3, 0.4) is 0 Å². The van der Waals surface area contributed by atoms with Crippen LogP contribution in [-0.4, -0.2) is 25.0 Å². The molecule has 23 heavy (non-hydrogen) atoms. The van der Waals surface area contributed by atoms with Crippen molar-refractivity contribution in [2.75, 3.05) is 23.7 Å². The van der Waals surface area contributed by atoms with Crippen LogP contribution >= 0.6 is 0 Å². The molecule has 0 spiro atoms. The minimum atomic E-state index is -0.0610. The van der Waals surface area contributed by atoms with E-state index in [1.54, 1.807) is 6.07 Å². The van der Waals surface area contributed by atoms with Crippen LogP contribution in [0.1, 0.15) is 28.4 Å². The molecule has 0 bridgehead atoms. The van der Waals surface area contributed by atoms with Gasteiger partial charge in [0.1, 0.15) is 0 Å². The Morgan fingerprint density at radius 2 is 2.09 bits per heavy atom. The number of nitrogen functional groups attached to an aromatic ring is 1. The Bertz CT molecular complexity index is 726. The summed E-state index contributed by atoms with van der Waals surface area (Å²) < 4.78 is 0. The van der Waals surface area contributed by atoms with Gasteiger partial charge in [-0.2, -0.15) is 0 Å². The maximum atomic E-state index is 12.4. The number of nitrogens with zero attached hydrogens (tertiary/aromatic N) is 1. The Kier molecular flexibility index (Phi) is 4.24. The van der Waals surface area contributed by atoms with Gasteiger partial charge in [0.25, 0.3) is 5.91 Å². The second kappa shape index (κ2) is 6.32. The van der Waals surface area contributed by atoms with E-state index in [2.05, 4.69) is 41.4 Å². The highest BCUT2D eigenvalue weighted by atomic mass is 16.1. The van der Waals surface area contributed by atoms with Gasteiger partial charge in [-0.3, -0.25) is 4.79 Å². The fourth-order valence-electron chi connectivity index (χ4n) is 3.15. The standard InChI is InChI=1S/C19H23N3O/c1-13-7-8-16(20)11-17(13)19(23)21-12-14(2)22-10-9-15-5-3-4-6-18(15)22/h3-8,11,14H,9-10,12,20H2,1-2H3,(H,21,23). The molecule has 3 rings (SSSR count). The van der Waals surface area contributed by atoms with Crippen LogP contribution in [0, 0.1) is 6.92 Å². The number of benzene rings is 2. The summed E-state index contributed by atoms with van der Waals surface area (Å²) in [6.45, 7) is 5.69. The van der Waals surface area contributed by atoms with E-state index in [9.17, 15) is 4.79 Å². The zero-order chi connectivity index (χ0) is 16.4. The lowest BCUT2D eigenvalue weighted by Crippen LogP contribution is -2.41. The van der Waals surface area contributed by atoms with Crippen LogP contribution in [-0.2, 0) is 6.42 Å². The first-order valence-electron chi connectivity index (χ1n) is 8.05. The van der Waals surface area contributed by atoms with E-state index in [1.165, 1.54) is 11.3 Å². The number of rotatable bonds is 4. The van der Waals surface area contributed by atoms with Crippen molar-refractivity contribution in [2.24, 2.45) is 0 Å². The zero-order valence-corrected chi connectivity index (χ0v) is 13.7. The summed E-state index contributed by atoms with van der Waals surface area (Å²) in [7, 11) is 0. The van der Waals surface area contributed by atoms with E-state index >= 15 is 0 Å². The number of nitrogens with two attached hydrogens (primary N) is 1. The number of para-hydroxylation sites is 1. The molecular formula is C19H23N3O. The molecule has 1 unspecified atom stereocenters. The van der Waals surface area contributed by atoms with E-state index < -0.39 is 0 Å². The number of aryl methyl sites for hydroxylation is 1. The van der Waals surface area contributed by atoms with Gasteiger partial charge < -0.3 is 16.0 Å². The first-order chi connectivity index (χ1) is 11.1. The Hall–Kier alpha value is -2.49. The molecule has 1 heterocycles. The highest BCUT2D eigenvalue weighted by Crippen LogP contribution is 2.28. The fraction of sp³-hybridized carbons (Fsp3) is 0.316. The Labute approximate surface area is 137 Å². The molecule has 120 valence electrons. The molecule has 1 amide bonds. The maximum Gasteiger partial charge on any atom is 0.251 e. The number of carbonyl (C=O) groups excluding carboxylic acids is 1. The number of carbonyl (C=O) groups is 1. The Morgan fingerprint density at radius 1 is 1.30 bits per heavy atom. The molecule has 4 nitrogen and oxygen atoms in total. The molecule has 2 aromatic rings. The van der Waals surface area contributed by atoms with Crippen molar-refractivity contribution in [2.45, 2.75) is 26.3 Å². The number of hydrogen-bond acceptors (Lipinski definition) is 3. The predicted octanol–water partition coefficient (Wildman–Crippen LogP) is 2.76. The summed E-state index contributed by atoms with van der Waals surface area (Å²) in [4.78, 5) is 14.8. The number of amides is 1. The number of hydrogen-bond donors (Lipinski definition) is 2. The van der Waals surface area contributed by atoms with Gasteiger partial charge in [-0.15, -0.1) is 0 Å². The molecule has 0 aromatic heterocycles. The SMILES string of the molecule is Cc1ccc(N)cc1C(=O)NCC(C)N1CCc2ccccc21. The van der Waals surface area contributed by atoms with Gasteiger partial charge in [0, 0.05) is 36.1 Å². The lowest BCUT2D eigenvalue weighted by atomic mass is 10.1. The van der Waals surface area contributed by atoms with Crippen LogP contribution < -0.4 is 16.0 Å². The fourth-order valence-corrected chi connectivity index (χ4v) is 3.15. The molecule has 0 saturated heterocycles. The Balaban J connectivity index is 1.64. The van der Waals surface area contributed by atoms with Crippen molar-refractivity contribution in [3.8, 4) is 0 Å². The third-order valence-electron chi connectivity index (χ3n) is 4.52. The van der Waals surface area contributed by atoms with Gasteiger partial charge in [0.15, 0.2) is 0 Å². The summed E-state index contributed by atoms with van der Waals surface area (Å²) in [6.07, 6.45) is 1.07. The first kappa shape index (κ1) is 15.4. The zero-order valence-electron chi connectivity index (χ0n) is 13.7. The van der Waals surface area contributed by atoms with Gasteiger partial charge in [-0.25, -0.2) is 0 Å². The summed E-state index contributed by atoms with van der Waals surface area (Å²) in [6, 6.07) is 14.2. The number of anilines is 2. The minimum Gasteiger partial charge on any atom is -0.399 e. The summed E-state index contributed by atoms with van der Waals surface area (Å²) >= 11 is 0. The topological polar surface area (TPSA) is 58.4 Å². The van der Waals surface area contributed by atoms with E-state index in [-0.39, 0.29) is 11.9 Å². The molecule has 0 saturated carbocycles. The average Bonchev–Trinajstić information content (AvgIpc) is 2.98. The molecule has 2 aromatic carbocycles. The van der Waals surface area contributed by atoms with Crippen molar-refractivity contribution in [1.82, 2.24) is 5.32 Å². The van der Waals surface area contributed by atoms with E-state index in [0.717, 1.165) is 18.5 Å². The van der Waals surface area contributed by atoms with Crippen molar-refractivity contribution >= 4 is 17.3 Å². The quantitative estimate of drug-likeness (QED) is 0.854. The molecular weight excluding hydrogens is 286 g/mol. The van der Waals surface area contributed by atoms with Crippen molar-refractivity contribution in [3.63, 3.8) is 0 Å². The van der Waals surface area contributed by atoms with E-state index in [4.69, 9.17) is 5.73 Å². The number of nitrogens with one attached hydrogen (secondary N) is 1. The minimum absolute atomic E-state index is 0.0610. The molecule has 1 atom stereocenters. The van der Waals surface area contributed by atoms with Gasteiger partial charge >= 0.3 is 0 Å². The third kappa shape index (κ3) is 3.16. The Morgan fingerprint density at radius 3 is 2.91 bits per heavy atom. The molecule has 0 fully saturated rings. The van der Waals surface area contributed by atoms with Crippen LogP contribution in [0.15, 0.2) is 42.5 Å². The first-order valence-corrected chi connectivity index (χ1v) is 8.05. The van der Waals surface area contributed by atoms with Crippen LogP contribution in [0.2, 0.25) is 0 Å². The molecule has 0 aliphatic carbocycles. The average molecular weight is 309 g/mol. The maximum absolute atomic E-state index is 12.4. The van der Waals surface area contributed by atoms with E-state index in [0.29, 0.717) is 17.8 Å². The lowest BCUT2D eigenvalue weighted by molar-refractivity contribution is 0.0951. The molecule has 0 radical (unpaired) electrons. The summed E-state index contributed by atoms with van der Waals surface area (Å²) in [5.41, 5.74) is 10.7. The van der Waals surface area contributed by atoms with Gasteiger partial charge in [0.2, 0.25) is 0 Å². The van der Waals surface area contributed by atoms with Crippen molar-refractivity contribution < 1.29 is 4.79 Å². The molecule has 1 aliphatic heterocycles. The summed E-state index contributed by atoms with van der Waals surface area (Å²) in [5.74, 6) is -0.0610. The molecule has 3 N–H and O–H groups in total. The van der Waals surface area contributed by atoms with Gasteiger partial charge in [0.05, 0.1) is 0 Å². The normalized spacial score (nSPS) is 14.4. The smallest absolute Gasteiger partial charge is 0.251 e. The monoisotopic (exact) mass is 309 g/mol. The van der Waals surface area contributed by atoms with E-state index in [1.807, 2.05) is 19.1 Å². The van der Waals surface area contributed by atoms with Crippen LogP contribution in [0.4, 0.5) is 11.4 Å². The predicted molar refractivity (Wildman–Crippen MR) is 94.9 cm³/mol. The van der Waals surface area contributed by atoms with Gasteiger partial charge in [-0.05, 0) is 49.6 Å². The van der Waals surface area contributed by atoms with Crippen LogP contribution in [0.25, 0.3) is 0 Å². The second-order valence-electron chi connectivity index (χ2n) is 6.21. The highest BCUT2D eigenvalue weighted by Gasteiger charge is 2.23. The van der Waals surface area contributed by atoms with Gasteiger partial charge in [-0.1, -0.05) is 24.3 Å². The summed E-state index contributed by atoms with van der Waals surface area (Å²) in [5, 5.41) is 3.04.